The zero-order valence-corrected chi connectivity index (χ0v) is 10.5. The van der Waals surface area contributed by atoms with Crippen LogP contribution in [-0.4, -0.2) is 16.6 Å². The number of hydrogen-bond acceptors (Lipinski definition) is 4. The predicted octanol–water partition coefficient (Wildman–Crippen LogP) is 2.62. The summed E-state index contributed by atoms with van der Waals surface area (Å²) in [7, 11) is 2.05. The smallest absolute Gasteiger partial charge is 0.0669 e. The number of aromatic nitrogens is 2. The van der Waals surface area contributed by atoms with Crippen LogP contribution in [0.3, 0.4) is 0 Å². The second-order valence-electron chi connectivity index (χ2n) is 5.33. The second kappa shape index (κ2) is 4.41. The molecule has 2 aliphatic carbocycles. The number of fused-ring (bicyclic) bond motifs is 2. The van der Waals surface area contributed by atoms with Gasteiger partial charge in [-0.3, -0.25) is 0 Å². The van der Waals surface area contributed by atoms with Crippen LogP contribution in [0.2, 0.25) is 0 Å². The Labute approximate surface area is 101 Å². The van der Waals surface area contributed by atoms with Gasteiger partial charge in [0, 0.05) is 6.04 Å². The van der Waals surface area contributed by atoms with Crippen molar-refractivity contribution in [2.75, 3.05) is 7.05 Å². The van der Waals surface area contributed by atoms with Gasteiger partial charge < -0.3 is 5.32 Å². The van der Waals surface area contributed by atoms with Gasteiger partial charge in [-0.1, -0.05) is 10.9 Å². The highest BCUT2D eigenvalue weighted by Crippen LogP contribution is 2.50. The van der Waals surface area contributed by atoms with Gasteiger partial charge in [-0.05, 0) is 62.0 Å². The van der Waals surface area contributed by atoms with E-state index in [4.69, 9.17) is 0 Å². The van der Waals surface area contributed by atoms with E-state index in [-0.39, 0.29) is 0 Å². The molecule has 0 radical (unpaired) electrons. The van der Waals surface area contributed by atoms with Gasteiger partial charge in [-0.15, -0.1) is 5.10 Å². The van der Waals surface area contributed by atoms with Crippen molar-refractivity contribution in [2.45, 2.75) is 38.1 Å². The average Bonchev–Trinajstić information content (AvgIpc) is 3.01. The molecule has 1 aromatic rings. The molecule has 88 valence electrons. The molecule has 0 spiro atoms. The van der Waals surface area contributed by atoms with E-state index in [2.05, 4.69) is 22.0 Å². The molecule has 2 aliphatic rings. The zero-order chi connectivity index (χ0) is 11.0. The summed E-state index contributed by atoms with van der Waals surface area (Å²) in [6, 6.07) is 0.476. The van der Waals surface area contributed by atoms with E-state index in [1.54, 1.807) is 0 Å². The standard InChI is InChI=1S/C12H19N3S/c1-13-11(12-7-14-15-16-12)6-10-5-8-2-3-9(10)4-8/h7-11,13H,2-6H2,1H3. The first-order valence-electron chi connectivity index (χ1n) is 6.31. The molecule has 3 rings (SSSR count). The molecule has 0 saturated heterocycles. The Bertz CT molecular complexity index is 338. The van der Waals surface area contributed by atoms with Crippen molar-refractivity contribution in [3.63, 3.8) is 0 Å². The van der Waals surface area contributed by atoms with Crippen LogP contribution in [0.15, 0.2) is 6.20 Å². The van der Waals surface area contributed by atoms with Gasteiger partial charge in [0.25, 0.3) is 0 Å². The van der Waals surface area contributed by atoms with Crippen molar-refractivity contribution in [1.82, 2.24) is 14.9 Å². The molecule has 4 unspecified atom stereocenters. The summed E-state index contributed by atoms with van der Waals surface area (Å²) >= 11 is 1.54. The fourth-order valence-electron chi connectivity index (χ4n) is 3.67. The van der Waals surface area contributed by atoms with Crippen molar-refractivity contribution in [1.29, 1.82) is 0 Å². The molecule has 1 aromatic heterocycles. The van der Waals surface area contributed by atoms with Crippen LogP contribution in [0.4, 0.5) is 0 Å². The minimum Gasteiger partial charge on any atom is -0.312 e. The second-order valence-corrected chi connectivity index (χ2v) is 6.15. The van der Waals surface area contributed by atoms with Gasteiger partial charge in [0.15, 0.2) is 0 Å². The molecule has 4 atom stereocenters. The lowest BCUT2D eigenvalue weighted by atomic mass is 9.84. The molecule has 0 amide bonds. The van der Waals surface area contributed by atoms with Gasteiger partial charge in [0.1, 0.15) is 0 Å². The van der Waals surface area contributed by atoms with Crippen molar-refractivity contribution in [3.05, 3.63) is 11.1 Å². The molecule has 2 fully saturated rings. The molecular weight excluding hydrogens is 218 g/mol. The normalized spacial score (nSPS) is 34.4. The third kappa shape index (κ3) is 1.89. The highest BCUT2D eigenvalue weighted by molar-refractivity contribution is 7.05. The van der Waals surface area contributed by atoms with Crippen LogP contribution in [0.25, 0.3) is 0 Å². The van der Waals surface area contributed by atoms with Crippen LogP contribution in [-0.2, 0) is 0 Å². The van der Waals surface area contributed by atoms with Crippen molar-refractivity contribution in [3.8, 4) is 0 Å². The molecule has 0 aliphatic heterocycles. The lowest BCUT2D eigenvalue weighted by Gasteiger charge is -2.25. The topological polar surface area (TPSA) is 37.8 Å². The Morgan fingerprint density at radius 2 is 2.44 bits per heavy atom. The molecule has 16 heavy (non-hydrogen) atoms. The van der Waals surface area contributed by atoms with E-state index in [9.17, 15) is 0 Å². The summed E-state index contributed by atoms with van der Waals surface area (Å²) in [4.78, 5) is 1.30. The van der Waals surface area contributed by atoms with Gasteiger partial charge >= 0.3 is 0 Å². The first-order chi connectivity index (χ1) is 7.86. The van der Waals surface area contributed by atoms with Gasteiger partial charge in [-0.25, -0.2) is 0 Å². The quantitative estimate of drug-likeness (QED) is 0.874. The number of nitrogens with zero attached hydrogens (tertiary/aromatic N) is 2. The molecule has 1 N–H and O–H groups in total. The summed E-state index contributed by atoms with van der Waals surface area (Å²) < 4.78 is 3.97. The fraction of sp³-hybridized carbons (Fsp3) is 0.833. The van der Waals surface area contributed by atoms with Crippen LogP contribution in [0.5, 0.6) is 0 Å². The summed E-state index contributed by atoms with van der Waals surface area (Å²) in [5, 5.41) is 7.36. The maximum Gasteiger partial charge on any atom is 0.0669 e. The molecular formula is C12H19N3S. The third-order valence-electron chi connectivity index (χ3n) is 4.49. The van der Waals surface area contributed by atoms with Crippen molar-refractivity contribution >= 4 is 11.5 Å². The Balaban J connectivity index is 1.65. The zero-order valence-electron chi connectivity index (χ0n) is 9.72. The fourth-order valence-corrected chi connectivity index (χ4v) is 4.30. The molecule has 1 heterocycles. The van der Waals surface area contributed by atoms with E-state index >= 15 is 0 Å². The summed E-state index contributed by atoms with van der Waals surface area (Å²) in [5.41, 5.74) is 0. The minimum absolute atomic E-state index is 0.476. The summed E-state index contributed by atoms with van der Waals surface area (Å²) in [6.45, 7) is 0. The minimum atomic E-state index is 0.476. The molecule has 3 nitrogen and oxygen atoms in total. The Hall–Kier alpha value is -0.480. The number of hydrogen-bond donors (Lipinski definition) is 1. The van der Waals surface area contributed by atoms with Gasteiger partial charge in [0.2, 0.25) is 0 Å². The highest BCUT2D eigenvalue weighted by atomic mass is 32.1. The highest BCUT2D eigenvalue weighted by Gasteiger charge is 2.40. The molecule has 0 aromatic carbocycles. The largest absolute Gasteiger partial charge is 0.312 e. The van der Waals surface area contributed by atoms with Crippen molar-refractivity contribution in [2.24, 2.45) is 17.8 Å². The lowest BCUT2D eigenvalue weighted by Crippen LogP contribution is -2.21. The van der Waals surface area contributed by atoms with Crippen molar-refractivity contribution < 1.29 is 0 Å². The Kier molecular flexibility index (Phi) is 2.94. The van der Waals surface area contributed by atoms with E-state index in [1.165, 1.54) is 48.5 Å². The lowest BCUT2D eigenvalue weighted by molar-refractivity contribution is 0.285. The van der Waals surface area contributed by atoms with E-state index in [0.717, 1.165) is 17.8 Å². The number of nitrogens with one attached hydrogen (secondary N) is 1. The SMILES string of the molecule is CNC(CC1CC2CCC1C2)c1cnns1. The summed E-state index contributed by atoms with van der Waals surface area (Å²) in [5.74, 6) is 3.01. The summed E-state index contributed by atoms with van der Waals surface area (Å²) in [6.07, 6.45) is 9.14. The van der Waals surface area contributed by atoms with E-state index in [1.807, 2.05) is 6.20 Å². The van der Waals surface area contributed by atoms with E-state index < -0.39 is 0 Å². The monoisotopic (exact) mass is 237 g/mol. The Morgan fingerprint density at radius 1 is 1.50 bits per heavy atom. The van der Waals surface area contributed by atoms with Gasteiger partial charge in [-0.2, -0.15) is 0 Å². The molecule has 2 bridgehead atoms. The predicted molar refractivity (Wildman–Crippen MR) is 65.3 cm³/mol. The third-order valence-corrected chi connectivity index (χ3v) is 5.27. The maximum absolute atomic E-state index is 3.97. The van der Waals surface area contributed by atoms with Gasteiger partial charge in [0.05, 0.1) is 11.1 Å². The van der Waals surface area contributed by atoms with Crippen LogP contribution < -0.4 is 5.32 Å². The number of rotatable bonds is 4. The first kappa shape index (κ1) is 10.7. The van der Waals surface area contributed by atoms with Crippen LogP contribution in [0.1, 0.15) is 43.0 Å². The average molecular weight is 237 g/mol. The molecule has 2 saturated carbocycles. The Morgan fingerprint density at radius 3 is 3.00 bits per heavy atom. The maximum atomic E-state index is 3.97. The van der Waals surface area contributed by atoms with Crippen LogP contribution >= 0.6 is 11.5 Å². The van der Waals surface area contributed by atoms with E-state index in [0.29, 0.717) is 6.04 Å². The van der Waals surface area contributed by atoms with Crippen LogP contribution in [0, 0.1) is 17.8 Å². The molecule has 4 heteroatoms. The first-order valence-corrected chi connectivity index (χ1v) is 7.08.